The minimum atomic E-state index is -0.348. The summed E-state index contributed by atoms with van der Waals surface area (Å²) in [5.41, 5.74) is 6.33. The molecule has 0 fully saturated rings. The van der Waals surface area contributed by atoms with E-state index in [1.807, 2.05) is 51.1 Å². The largest absolute Gasteiger partial charge is 0.349 e. The molecule has 1 amide bonds. The van der Waals surface area contributed by atoms with E-state index < -0.39 is 0 Å². The van der Waals surface area contributed by atoms with E-state index in [4.69, 9.17) is 5.73 Å². The summed E-state index contributed by atoms with van der Waals surface area (Å²) < 4.78 is 0. The summed E-state index contributed by atoms with van der Waals surface area (Å²) in [5, 5.41) is 2.99. The van der Waals surface area contributed by atoms with Crippen LogP contribution in [0.5, 0.6) is 0 Å². The van der Waals surface area contributed by atoms with Crippen molar-refractivity contribution in [3.63, 3.8) is 0 Å². The van der Waals surface area contributed by atoms with Gasteiger partial charge in [0, 0.05) is 12.1 Å². The van der Waals surface area contributed by atoms with E-state index in [9.17, 15) is 4.79 Å². The van der Waals surface area contributed by atoms with Crippen LogP contribution in [-0.4, -0.2) is 18.0 Å². The number of rotatable bonds is 5. The minimum absolute atomic E-state index is 0.0501. The van der Waals surface area contributed by atoms with Gasteiger partial charge in [-0.1, -0.05) is 37.3 Å². The number of hydrogen-bond donors (Lipinski definition) is 2. The van der Waals surface area contributed by atoms with Gasteiger partial charge in [-0.2, -0.15) is 0 Å². The third-order valence-electron chi connectivity index (χ3n) is 2.90. The van der Waals surface area contributed by atoms with Crippen molar-refractivity contribution in [3.8, 4) is 0 Å². The molecule has 0 saturated carbocycles. The number of hydrogen-bond acceptors (Lipinski definition) is 2. The van der Waals surface area contributed by atoms with Crippen LogP contribution in [0, 0.1) is 0 Å². The standard InChI is InChI=1S/C14H22N2O/c1-4-12(11-8-6-5-7-9-11)13(17)16-14(2,3)10-15/h5-9,12H,4,10,15H2,1-3H3,(H,16,17). The summed E-state index contributed by atoms with van der Waals surface area (Å²) in [5.74, 6) is -0.0452. The Hall–Kier alpha value is -1.35. The van der Waals surface area contributed by atoms with Crippen LogP contribution in [0.25, 0.3) is 0 Å². The van der Waals surface area contributed by atoms with Gasteiger partial charge in [0.1, 0.15) is 0 Å². The molecule has 0 aliphatic heterocycles. The van der Waals surface area contributed by atoms with Crippen LogP contribution in [-0.2, 0) is 4.79 Å². The Morgan fingerprint density at radius 2 is 1.94 bits per heavy atom. The van der Waals surface area contributed by atoms with Crippen LogP contribution < -0.4 is 11.1 Å². The van der Waals surface area contributed by atoms with Crippen molar-refractivity contribution < 1.29 is 4.79 Å². The Balaban J connectivity index is 2.79. The van der Waals surface area contributed by atoms with Crippen molar-refractivity contribution in [3.05, 3.63) is 35.9 Å². The fourth-order valence-corrected chi connectivity index (χ4v) is 1.73. The summed E-state index contributed by atoms with van der Waals surface area (Å²) in [6.07, 6.45) is 0.788. The van der Waals surface area contributed by atoms with Crippen molar-refractivity contribution >= 4 is 5.91 Å². The van der Waals surface area contributed by atoms with Crippen LogP contribution in [0.3, 0.4) is 0 Å². The van der Waals surface area contributed by atoms with E-state index in [2.05, 4.69) is 5.32 Å². The molecule has 0 saturated heterocycles. The normalized spacial score (nSPS) is 13.2. The molecule has 0 aliphatic rings. The van der Waals surface area contributed by atoms with Gasteiger partial charge in [-0.15, -0.1) is 0 Å². The number of carbonyl (C=O) groups excluding carboxylic acids is 1. The van der Waals surface area contributed by atoms with E-state index in [-0.39, 0.29) is 17.4 Å². The van der Waals surface area contributed by atoms with Gasteiger partial charge in [0.25, 0.3) is 0 Å². The second kappa shape index (κ2) is 5.82. The average Bonchev–Trinajstić information content (AvgIpc) is 2.31. The third kappa shape index (κ3) is 3.86. The summed E-state index contributed by atoms with van der Waals surface area (Å²) in [4.78, 5) is 12.2. The molecule has 1 aromatic rings. The molecule has 0 heterocycles. The van der Waals surface area contributed by atoms with E-state index in [0.29, 0.717) is 6.54 Å². The maximum Gasteiger partial charge on any atom is 0.227 e. The molecule has 94 valence electrons. The maximum absolute atomic E-state index is 12.2. The average molecular weight is 234 g/mol. The van der Waals surface area contributed by atoms with Crippen molar-refractivity contribution in [2.24, 2.45) is 5.73 Å². The summed E-state index contributed by atoms with van der Waals surface area (Å²) in [7, 11) is 0. The number of benzene rings is 1. The van der Waals surface area contributed by atoms with E-state index >= 15 is 0 Å². The molecule has 17 heavy (non-hydrogen) atoms. The Bertz CT molecular complexity index is 360. The molecule has 0 spiro atoms. The molecule has 0 radical (unpaired) electrons. The molecule has 3 heteroatoms. The predicted molar refractivity (Wildman–Crippen MR) is 70.8 cm³/mol. The Kier molecular flexibility index (Phi) is 4.70. The van der Waals surface area contributed by atoms with Crippen LogP contribution >= 0.6 is 0 Å². The van der Waals surface area contributed by atoms with E-state index in [1.54, 1.807) is 0 Å². The summed E-state index contributed by atoms with van der Waals surface area (Å²) in [6.45, 7) is 6.32. The highest BCUT2D eigenvalue weighted by molar-refractivity contribution is 5.84. The second-order valence-corrected chi connectivity index (χ2v) is 4.95. The van der Waals surface area contributed by atoms with Gasteiger partial charge in [-0.25, -0.2) is 0 Å². The molecule has 1 atom stereocenters. The number of nitrogens with one attached hydrogen (secondary N) is 1. The smallest absolute Gasteiger partial charge is 0.227 e. The summed E-state index contributed by atoms with van der Waals surface area (Å²) in [6, 6.07) is 9.85. The first-order valence-corrected chi connectivity index (χ1v) is 6.07. The van der Waals surface area contributed by atoms with Gasteiger partial charge in [-0.3, -0.25) is 4.79 Å². The number of amides is 1. The lowest BCUT2D eigenvalue weighted by Gasteiger charge is -2.27. The fourth-order valence-electron chi connectivity index (χ4n) is 1.73. The summed E-state index contributed by atoms with van der Waals surface area (Å²) >= 11 is 0. The monoisotopic (exact) mass is 234 g/mol. The van der Waals surface area contributed by atoms with Crippen LogP contribution in [0.1, 0.15) is 38.7 Å². The lowest BCUT2D eigenvalue weighted by molar-refractivity contribution is -0.124. The highest BCUT2D eigenvalue weighted by Gasteiger charge is 2.24. The van der Waals surface area contributed by atoms with Crippen molar-refractivity contribution in [2.75, 3.05) is 6.54 Å². The quantitative estimate of drug-likeness (QED) is 0.819. The first kappa shape index (κ1) is 13.7. The van der Waals surface area contributed by atoms with Crippen LogP contribution in [0.4, 0.5) is 0 Å². The Morgan fingerprint density at radius 1 is 1.35 bits per heavy atom. The zero-order chi connectivity index (χ0) is 12.9. The molecule has 0 aliphatic carbocycles. The van der Waals surface area contributed by atoms with Gasteiger partial charge in [0.2, 0.25) is 5.91 Å². The topological polar surface area (TPSA) is 55.1 Å². The zero-order valence-electron chi connectivity index (χ0n) is 10.9. The minimum Gasteiger partial charge on any atom is -0.349 e. The molecular weight excluding hydrogens is 212 g/mol. The van der Waals surface area contributed by atoms with E-state index in [1.165, 1.54) is 0 Å². The third-order valence-corrected chi connectivity index (χ3v) is 2.90. The van der Waals surface area contributed by atoms with Crippen LogP contribution in [0.2, 0.25) is 0 Å². The van der Waals surface area contributed by atoms with Crippen molar-refractivity contribution in [1.82, 2.24) is 5.32 Å². The maximum atomic E-state index is 12.2. The number of carbonyl (C=O) groups is 1. The zero-order valence-corrected chi connectivity index (χ0v) is 10.9. The van der Waals surface area contributed by atoms with Crippen LogP contribution in [0.15, 0.2) is 30.3 Å². The molecule has 1 rings (SSSR count). The van der Waals surface area contributed by atoms with E-state index in [0.717, 1.165) is 12.0 Å². The van der Waals surface area contributed by atoms with Crippen molar-refractivity contribution in [1.29, 1.82) is 0 Å². The first-order chi connectivity index (χ1) is 8.00. The number of nitrogens with two attached hydrogens (primary N) is 1. The van der Waals surface area contributed by atoms with Gasteiger partial charge in [0.15, 0.2) is 0 Å². The van der Waals surface area contributed by atoms with Gasteiger partial charge in [0.05, 0.1) is 5.92 Å². The second-order valence-electron chi connectivity index (χ2n) is 4.95. The lowest BCUT2D eigenvalue weighted by Crippen LogP contribution is -2.50. The molecule has 3 nitrogen and oxygen atoms in total. The first-order valence-electron chi connectivity index (χ1n) is 6.07. The molecule has 0 bridgehead atoms. The molecule has 0 aromatic heterocycles. The fraction of sp³-hybridized carbons (Fsp3) is 0.500. The highest BCUT2D eigenvalue weighted by atomic mass is 16.2. The lowest BCUT2D eigenvalue weighted by atomic mass is 9.94. The van der Waals surface area contributed by atoms with Gasteiger partial charge in [-0.05, 0) is 25.8 Å². The SMILES string of the molecule is CCC(C(=O)NC(C)(C)CN)c1ccccc1. The molecule has 3 N–H and O–H groups in total. The van der Waals surface area contributed by atoms with Gasteiger partial charge >= 0.3 is 0 Å². The molecular formula is C14H22N2O. The molecule has 1 aromatic carbocycles. The molecule has 1 unspecified atom stereocenters. The Morgan fingerprint density at radius 3 is 2.41 bits per heavy atom. The van der Waals surface area contributed by atoms with Gasteiger partial charge < -0.3 is 11.1 Å². The predicted octanol–water partition coefficient (Wildman–Crippen LogP) is 2.03. The highest BCUT2D eigenvalue weighted by Crippen LogP contribution is 2.20. The Labute approximate surface area is 103 Å². The van der Waals surface area contributed by atoms with Crippen molar-refractivity contribution in [2.45, 2.75) is 38.6 Å².